The molecule has 2 atom stereocenters. The Balaban J connectivity index is 1.76. The van der Waals surface area contributed by atoms with Crippen molar-refractivity contribution in [2.75, 3.05) is 6.54 Å². The van der Waals surface area contributed by atoms with E-state index >= 15 is 0 Å². The van der Waals surface area contributed by atoms with Crippen molar-refractivity contribution in [3.8, 4) is 0 Å². The summed E-state index contributed by atoms with van der Waals surface area (Å²) < 4.78 is 13.9. The van der Waals surface area contributed by atoms with Crippen LogP contribution in [0.3, 0.4) is 0 Å². The highest BCUT2D eigenvalue weighted by Gasteiger charge is 2.50. The van der Waals surface area contributed by atoms with Crippen molar-refractivity contribution in [1.29, 1.82) is 0 Å². The SMILES string of the molecule is CC(C)C(NC(=O)CN1C(=O)NC(C)(c2ccccc2Br)C1=O)c1ccc(F)cc1. The molecule has 3 rings (SSSR count). The van der Waals surface area contributed by atoms with Crippen LogP contribution in [0.4, 0.5) is 9.18 Å². The van der Waals surface area contributed by atoms with Crippen molar-refractivity contribution < 1.29 is 18.8 Å². The summed E-state index contributed by atoms with van der Waals surface area (Å²) in [6.45, 7) is 5.05. The van der Waals surface area contributed by atoms with Crippen molar-refractivity contribution in [3.05, 3.63) is 69.9 Å². The first-order valence-corrected chi connectivity index (χ1v) is 10.4. The first-order valence-electron chi connectivity index (χ1n) is 9.57. The predicted molar refractivity (Wildman–Crippen MR) is 114 cm³/mol. The summed E-state index contributed by atoms with van der Waals surface area (Å²) in [4.78, 5) is 39.2. The number of urea groups is 1. The van der Waals surface area contributed by atoms with Crippen LogP contribution in [0, 0.1) is 11.7 Å². The number of carbonyl (C=O) groups excluding carboxylic acids is 3. The molecule has 158 valence electrons. The highest BCUT2D eigenvalue weighted by Crippen LogP contribution is 2.33. The summed E-state index contributed by atoms with van der Waals surface area (Å²) in [5.41, 5.74) is 0.0823. The maximum absolute atomic E-state index is 13.2. The zero-order chi connectivity index (χ0) is 22.1. The fraction of sp³-hybridized carbons (Fsp3) is 0.318. The molecule has 30 heavy (non-hydrogen) atoms. The van der Waals surface area contributed by atoms with Gasteiger partial charge in [-0.05, 0) is 36.6 Å². The normalized spacial score (nSPS) is 19.7. The molecule has 0 aromatic heterocycles. The molecule has 0 spiro atoms. The monoisotopic (exact) mass is 475 g/mol. The second-order valence-corrected chi connectivity index (χ2v) is 8.62. The van der Waals surface area contributed by atoms with Crippen LogP contribution in [0.1, 0.15) is 37.9 Å². The average molecular weight is 476 g/mol. The topological polar surface area (TPSA) is 78.5 Å². The van der Waals surface area contributed by atoms with Crippen LogP contribution in [0.15, 0.2) is 53.0 Å². The van der Waals surface area contributed by atoms with Gasteiger partial charge in [-0.15, -0.1) is 0 Å². The van der Waals surface area contributed by atoms with Gasteiger partial charge in [0.25, 0.3) is 5.91 Å². The third kappa shape index (κ3) is 4.23. The Bertz CT molecular complexity index is 980. The van der Waals surface area contributed by atoms with E-state index in [-0.39, 0.29) is 17.8 Å². The lowest BCUT2D eigenvalue weighted by atomic mass is 9.92. The maximum atomic E-state index is 13.2. The lowest BCUT2D eigenvalue weighted by Crippen LogP contribution is -2.44. The minimum atomic E-state index is -1.27. The first kappa shape index (κ1) is 22.0. The molecule has 0 saturated carbocycles. The Kier molecular flexibility index (Phi) is 6.26. The standard InChI is InChI=1S/C22H23BrFN3O3/c1-13(2)19(14-8-10-15(24)11-9-14)25-18(28)12-27-20(29)22(3,26-21(27)30)16-6-4-5-7-17(16)23/h4-11,13,19H,12H2,1-3H3,(H,25,28)(H,26,30). The number of imide groups is 1. The van der Waals surface area contributed by atoms with Crippen molar-refractivity contribution >= 4 is 33.8 Å². The number of amides is 4. The van der Waals surface area contributed by atoms with E-state index in [1.54, 1.807) is 37.3 Å². The number of rotatable bonds is 6. The van der Waals surface area contributed by atoms with Crippen molar-refractivity contribution in [2.45, 2.75) is 32.4 Å². The molecule has 0 bridgehead atoms. The quantitative estimate of drug-likeness (QED) is 0.622. The molecule has 2 aromatic rings. The summed E-state index contributed by atoms with van der Waals surface area (Å²) in [6.07, 6.45) is 0. The Morgan fingerprint density at radius 3 is 2.40 bits per heavy atom. The molecule has 6 nitrogen and oxygen atoms in total. The molecule has 0 radical (unpaired) electrons. The van der Waals surface area contributed by atoms with Crippen LogP contribution in [0.5, 0.6) is 0 Å². The minimum Gasteiger partial charge on any atom is -0.347 e. The zero-order valence-electron chi connectivity index (χ0n) is 16.9. The predicted octanol–water partition coefficient (Wildman–Crippen LogP) is 3.87. The van der Waals surface area contributed by atoms with Gasteiger partial charge in [0.05, 0.1) is 6.04 Å². The van der Waals surface area contributed by atoms with Gasteiger partial charge in [0.1, 0.15) is 17.9 Å². The molecule has 0 aliphatic carbocycles. The lowest BCUT2D eigenvalue weighted by Gasteiger charge is -2.25. The van der Waals surface area contributed by atoms with Gasteiger partial charge in [-0.2, -0.15) is 0 Å². The Morgan fingerprint density at radius 1 is 1.17 bits per heavy atom. The van der Waals surface area contributed by atoms with Crippen LogP contribution in [0.2, 0.25) is 0 Å². The maximum Gasteiger partial charge on any atom is 0.325 e. The molecule has 2 aromatic carbocycles. The molecule has 1 saturated heterocycles. The van der Waals surface area contributed by atoms with Crippen LogP contribution < -0.4 is 10.6 Å². The van der Waals surface area contributed by atoms with Gasteiger partial charge in [0, 0.05) is 10.0 Å². The van der Waals surface area contributed by atoms with Gasteiger partial charge in [-0.3, -0.25) is 14.5 Å². The van der Waals surface area contributed by atoms with E-state index in [1.807, 2.05) is 19.9 Å². The van der Waals surface area contributed by atoms with Crippen LogP contribution in [-0.4, -0.2) is 29.3 Å². The van der Waals surface area contributed by atoms with Gasteiger partial charge in [0.15, 0.2) is 0 Å². The number of hydrogen-bond acceptors (Lipinski definition) is 3. The number of nitrogens with zero attached hydrogens (tertiary/aromatic N) is 1. The Hall–Kier alpha value is -2.74. The number of halogens is 2. The van der Waals surface area contributed by atoms with Crippen LogP contribution in [-0.2, 0) is 15.1 Å². The van der Waals surface area contributed by atoms with E-state index in [2.05, 4.69) is 26.6 Å². The first-order chi connectivity index (χ1) is 14.1. The number of benzene rings is 2. The summed E-state index contributed by atoms with van der Waals surface area (Å²) in [5.74, 6) is -1.32. The smallest absolute Gasteiger partial charge is 0.325 e. The highest BCUT2D eigenvalue weighted by molar-refractivity contribution is 9.10. The van der Waals surface area contributed by atoms with E-state index in [9.17, 15) is 18.8 Å². The third-order valence-electron chi connectivity index (χ3n) is 5.20. The molecule has 1 aliphatic rings. The van der Waals surface area contributed by atoms with Gasteiger partial charge in [-0.25, -0.2) is 9.18 Å². The number of hydrogen-bond donors (Lipinski definition) is 2. The number of nitrogens with one attached hydrogen (secondary N) is 2. The van der Waals surface area contributed by atoms with E-state index < -0.39 is 29.9 Å². The molecule has 2 N–H and O–H groups in total. The van der Waals surface area contributed by atoms with Gasteiger partial charge >= 0.3 is 6.03 Å². The highest BCUT2D eigenvalue weighted by atomic mass is 79.9. The van der Waals surface area contributed by atoms with Gasteiger partial charge in [-0.1, -0.05) is 60.1 Å². The zero-order valence-corrected chi connectivity index (χ0v) is 18.5. The summed E-state index contributed by atoms with van der Waals surface area (Å²) >= 11 is 3.41. The second-order valence-electron chi connectivity index (χ2n) is 7.77. The van der Waals surface area contributed by atoms with E-state index in [0.717, 1.165) is 10.5 Å². The molecule has 8 heteroatoms. The molecule has 4 amide bonds. The van der Waals surface area contributed by atoms with E-state index in [4.69, 9.17) is 0 Å². The van der Waals surface area contributed by atoms with Crippen molar-refractivity contribution in [1.82, 2.24) is 15.5 Å². The van der Waals surface area contributed by atoms with Crippen molar-refractivity contribution in [3.63, 3.8) is 0 Å². The fourth-order valence-electron chi connectivity index (χ4n) is 3.56. The fourth-order valence-corrected chi connectivity index (χ4v) is 4.24. The third-order valence-corrected chi connectivity index (χ3v) is 5.89. The lowest BCUT2D eigenvalue weighted by molar-refractivity contribution is -0.135. The Morgan fingerprint density at radius 2 is 1.80 bits per heavy atom. The molecule has 1 aliphatic heterocycles. The molecular weight excluding hydrogens is 453 g/mol. The second kappa shape index (κ2) is 8.55. The number of carbonyl (C=O) groups is 3. The van der Waals surface area contributed by atoms with Crippen LogP contribution >= 0.6 is 15.9 Å². The molecule has 1 fully saturated rings. The van der Waals surface area contributed by atoms with Gasteiger partial charge < -0.3 is 10.6 Å². The largest absolute Gasteiger partial charge is 0.347 e. The van der Waals surface area contributed by atoms with E-state index in [1.165, 1.54) is 12.1 Å². The molecule has 1 heterocycles. The average Bonchev–Trinajstić information content (AvgIpc) is 2.91. The summed E-state index contributed by atoms with van der Waals surface area (Å²) in [6, 6.07) is 12.0. The van der Waals surface area contributed by atoms with E-state index in [0.29, 0.717) is 10.0 Å². The minimum absolute atomic E-state index is 0.0213. The Labute approximate surface area is 183 Å². The van der Waals surface area contributed by atoms with Crippen molar-refractivity contribution in [2.24, 2.45) is 5.92 Å². The molecular formula is C22H23BrFN3O3. The van der Waals surface area contributed by atoms with Gasteiger partial charge in [0.2, 0.25) is 5.91 Å². The summed E-state index contributed by atoms with van der Waals surface area (Å²) in [7, 11) is 0. The summed E-state index contributed by atoms with van der Waals surface area (Å²) in [5, 5.41) is 5.55. The van der Waals surface area contributed by atoms with Crippen LogP contribution in [0.25, 0.3) is 0 Å². The molecule has 2 unspecified atom stereocenters.